The maximum Gasteiger partial charge on any atom is 0.262 e. The molecule has 0 saturated heterocycles. The molecule has 0 unspecified atom stereocenters. The number of hydrogen-bond acceptors (Lipinski definition) is 5. The van der Waals surface area contributed by atoms with Gasteiger partial charge in [-0.25, -0.2) is 8.42 Å². The van der Waals surface area contributed by atoms with Gasteiger partial charge in [0.2, 0.25) is 0 Å². The largest absolute Gasteiger partial charge is 0.494 e. The Morgan fingerprint density at radius 3 is 2.25 bits per heavy atom. The minimum absolute atomic E-state index is 0.0388. The number of sulfonamides is 1. The third-order valence-corrected chi connectivity index (χ3v) is 6.32. The maximum atomic E-state index is 12.7. The summed E-state index contributed by atoms with van der Waals surface area (Å²) >= 11 is 9.51. The summed E-state index contributed by atoms with van der Waals surface area (Å²) in [5.74, 6) is 0.457. The van der Waals surface area contributed by atoms with Gasteiger partial charge in [0.05, 0.1) is 16.5 Å². The third kappa shape index (κ3) is 6.62. The number of benzene rings is 3. The Kier molecular flexibility index (Phi) is 8.00. The van der Waals surface area contributed by atoms with E-state index in [9.17, 15) is 13.2 Å². The summed E-state index contributed by atoms with van der Waals surface area (Å²) in [6.45, 7) is 2.10. The van der Waals surface area contributed by atoms with Crippen LogP contribution in [0.5, 0.6) is 11.5 Å². The SMILES string of the molecule is CCOc1ccc(NS(=O)(=O)c2ccc(OCC(=O)Nc3ccc(Br)cc3)c(Cl)c2)cc1. The second-order valence-electron chi connectivity index (χ2n) is 6.50. The molecule has 3 rings (SSSR count). The van der Waals surface area contributed by atoms with Gasteiger partial charge >= 0.3 is 0 Å². The predicted octanol–water partition coefficient (Wildman–Crippen LogP) is 5.32. The molecule has 0 radical (unpaired) electrons. The molecule has 168 valence electrons. The molecule has 2 N–H and O–H groups in total. The average molecular weight is 540 g/mol. The molecule has 3 aromatic carbocycles. The van der Waals surface area contributed by atoms with Crippen LogP contribution < -0.4 is 19.5 Å². The topological polar surface area (TPSA) is 93.7 Å². The van der Waals surface area contributed by atoms with E-state index in [0.717, 1.165) is 4.47 Å². The lowest BCUT2D eigenvalue weighted by atomic mass is 10.3. The standard InChI is InChI=1S/C22H20BrClN2O5S/c1-2-30-18-9-7-17(8-10-18)26-32(28,29)19-11-12-21(20(24)13-19)31-14-22(27)25-16-5-3-15(23)4-6-16/h3-13,26H,2,14H2,1H3,(H,25,27). The number of halogens is 2. The van der Waals surface area contributed by atoms with E-state index < -0.39 is 10.0 Å². The number of anilines is 2. The molecule has 0 aliphatic heterocycles. The van der Waals surface area contributed by atoms with Crippen LogP contribution >= 0.6 is 27.5 Å². The normalized spacial score (nSPS) is 11.0. The molecular weight excluding hydrogens is 520 g/mol. The van der Waals surface area contributed by atoms with E-state index in [-0.39, 0.29) is 28.2 Å². The van der Waals surface area contributed by atoms with Crippen LogP contribution in [0.1, 0.15) is 6.92 Å². The van der Waals surface area contributed by atoms with Crippen LogP contribution in [-0.4, -0.2) is 27.5 Å². The van der Waals surface area contributed by atoms with Gasteiger partial charge in [0.25, 0.3) is 15.9 Å². The zero-order valence-corrected chi connectivity index (χ0v) is 20.1. The summed E-state index contributed by atoms with van der Waals surface area (Å²) in [5, 5.41) is 2.76. The molecule has 0 fully saturated rings. The maximum absolute atomic E-state index is 12.7. The van der Waals surface area contributed by atoms with Crippen LogP contribution in [0.25, 0.3) is 0 Å². The van der Waals surface area contributed by atoms with Crippen molar-refractivity contribution in [1.29, 1.82) is 0 Å². The van der Waals surface area contributed by atoms with Crippen LogP contribution in [0.2, 0.25) is 5.02 Å². The van der Waals surface area contributed by atoms with Crippen LogP contribution in [0, 0.1) is 0 Å². The minimum atomic E-state index is -3.87. The molecule has 10 heteroatoms. The number of rotatable bonds is 9. The molecule has 7 nitrogen and oxygen atoms in total. The van der Waals surface area contributed by atoms with Crippen molar-refractivity contribution in [1.82, 2.24) is 0 Å². The third-order valence-electron chi connectivity index (χ3n) is 4.12. The lowest BCUT2D eigenvalue weighted by Gasteiger charge is -2.12. The number of hydrogen-bond donors (Lipinski definition) is 2. The number of amides is 1. The van der Waals surface area contributed by atoms with Crippen molar-refractivity contribution < 1.29 is 22.7 Å². The number of carbonyl (C=O) groups excluding carboxylic acids is 1. The first-order valence-electron chi connectivity index (χ1n) is 9.50. The van der Waals surface area contributed by atoms with Crippen LogP contribution in [-0.2, 0) is 14.8 Å². The Labute approximate surface area is 199 Å². The van der Waals surface area contributed by atoms with Gasteiger partial charge in [-0.3, -0.25) is 9.52 Å². The molecule has 0 atom stereocenters. The highest BCUT2D eigenvalue weighted by Gasteiger charge is 2.17. The number of nitrogens with one attached hydrogen (secondary N) is 2. The van der Waals surface area contributed by atoms with Crippen molar-refractivity contribution in [3.63, 3.8) is 0 Å². The highest BCUT2D eigenvalue weighted by Crippen LogP contribution is 2.28. The molecule has 32 heavy (non-hydrogen) atoms. The van der Waals surface area contributed by atoms with Gasteiger partial charge in [-0.2, -0.15) is 0 Å². The van der Waals surface area contributed by atoms with Gasteiger partial charge in [-0.05, 0) is 73.7 Å². The molecular formula is C22H20BrClN2O5S. The Hall–Kier alpha value is -2.75. The van der Waals surface area contributed by atoms with Crippen LogP contribution in [0.4, 0.5) is 11.4 Å². The second-order valence-corrected chi connectivity index (χ2v) is 9.50. The van der Waals surface area contributed by atoms with Gasteiger partial charge in [0.15, 0.2) is 6.61 Å². The van der Waals surface area contributed by atoms with Gasteiger partial charge < -0.3 is 14.8 Å². The molecule has 0 bridgehead atoms. The quantitative estimate of drug-likeness (QED) is 0.384. The fraction of sp³-hybridized carbons (Fsp3) is 0.136. The molecule has 3 aromatic rings. The van der Waals surface area contributed by atoms with Crippen molar-refractivity contribution in [2.24, 2.45) is 0 Å². The summed E-state index contributed by atoms with van der Waals surface area (Å²) in [6.07, 6.45) is 0. The van der Waals surface area contributed by atoms with E-state index >= 15 is 0 Å². The van der Waals surface area contributed by atoms with E-state index in [1.807, 2.05) is 6.92 Å². The van der Waals surface area contributed by atoms with E-state index in [4.69, 9.17) is 21.1 Å². The van der Waals surface area contributed by atoms with Gasteiger partial charge in [0.1, 0.15) is 11.5 Å². The van der Waals surface area contributed by atoms with E-state index in [2.05, 4.69) is 26.0 Å². The first-order valence-corrected chi connectivity index (χ1v) is 12.2. The smallest absolute Gasteiger partial charge is 0.262 e. The van der Waals surface area contributed by atoms with Crippen molar-refractivity contribution in [2.75, 3.05) is 23.3 Å². The zero-order chi connectivity index (χ0) is 23.1. The van der Waals surface area contributed by atoms with Gasteiger partial charge in [0, 0.05) is 15.8 Å². The van der Waals surface area contributed by atoms with Crippen LogP contribution in [0.3, 0.4) is 0 Å². The Bertz CT molecular complexity index is 1190. The lowest BCUT2D eigenvalue weighted by molar-refractivity contribution is -0.118. The summed E-state index contributed by atoms with van der Waals surface area (Å²) in [4.78, 5) is 12.0. The second kappa shape index (κ2) is 10.7. The fourth-order valence-electron chi connectivity index (χ4n) is 2.64. The van der Waals surface area contributed by atoms with Crippen LogP contribution in [0.15, 0.2) is 76.1 Å². The highest BCUT2D eigenvalue weighted by molar-refractivity contribution is 9.10. The molecule has 0 heterocycles. The Balaban J connectivity index is 1.61. The number of ether oxygens (including phenoxy) is 2. The first kappa shape index (κ1) is 23.9. The minimum Gasteiger partial charge on any atom is -0.494 e. The monoisotopic (exact) mass is 538 g/mol. The highest BCUT2D eigenvalue weighted by atomic mass is 79.9. The summed E-state index contributed by atoms with van der Waals surface area (Å²) in [5.41, 5.74) is 1.00. The zero-order valence-electron chi connectivity index (χ0n) is 17.0. The molecule has 1 amide bonds. The Morgan fingerprint density at radius 2 is 1.62 bits per heavy atom. The molecule has 0 aliphatic rings. The molecule has 0 spiro atoms. The fourth-order valence-corrected chi connectivity index (χ4v) is 4.29. The average Bonchev–Trinajstić information content (AvgIpc) is 2.76. The summed E-state index contributed by atoms with van der Waals surface area (Å²) < 4.78 is 39.5. The van der Waals surface area contributed by atoms with E-state index in [0.29, 0.717) is 23.7 Å². The number of carbonyl (C=O) groups is 1. The predicted molar refractivity (Wildman–Crippen MR) is 128 cm³/mol. The van der Waals surface area contributed by atoms with E-state index in [1.165, 1.54) is 18.2 Å². The van der Waals surface area contributed by atoms with Gasteiger partial charge in [-0.1, -0.05) is 27.5 Å². The van der Waals surface area contributed by atoms with Crippen molar-refractivity contribution in [3.8, 4) is 11.5 Å². The molecule has 0 aromatic heterocycles. The van der Waals surface area contributed by atoms with Gasteiger partial charge in [-0.15, -0.1) is 0 Å². The first-order chi connectivity index (χ1) is 15.3. The van der Waals surface area contributed by atoms with Crippen molar-refractivity contribution >= 4 is 54.8 Å². The van der Waals surface area contributed by atoms with Crippen molar-refractivity contribution in [3.05, 3.63) is 76.2 Å². The summed E-state index contributed by atoms with van der Waals surface area (Å²) in [7, 11) is -3.87. The Morgan fingerprint density at radius 1 is 0.969 bits per heavy atom. The van der Waals surface area contributed by atoms with E-state index in [1.54, 1.807) is 48.5 Å². The lowest BCUT2D eigenvalue weighted by Crippen LogP contribution is -2.20. The summed E-state index contributed by atoms with van der Waals surface area (Å²) in [6, 6.07) is 17.7. The molecule has 0 saturated carbocycles. The molecule has 0 aliphatic carbocycles. The van der Waals surface area contributed by atoms with Crippen molar-refractivity contribution in [2.45, 2.75) is 11.8 Å².